The summed E-state index contributed by atoms with van der Waals surface area (Å²) in [5, 5.41) is 4.18. The summed E-state index contributed by atoms with van der Waals surface area (Å²) in [6.07, 6.45) is 0.429. The smallest absolute Gasteiger partial charge is 0.243 e. The van der Waals surface area contributed by atoms with E-state index in [4.69, 9.17) is 23.2 Å². The quantitative estimate of drug-likeness (QED) is 0.293. The molecule has 0 aliphatic rings. The lowest BCUT2D eigenvalue weighted by Gasteiger charge is -2.32. The second-order valence-electron chi connectivity index (χ2n) is 9.07. The molecule has 0 spiro atoms. The molecular weight excluding hydrogens is 511 g/mol. The normalized spacial score (nSPS) is 11.8. The Labute approximate surface area is 228 Å². The number of halogens is 2. The molecular formula is C29H32Cl2N2O2S. The highest BCUT2D eigenvalue weighted by Gasteiger charge is 2.30. The monoisotopic (exact) mass is 542 g/mol. The molecule has 2 amide bonds. The lowest BCUT2D eigenvalue weighted by Crippen LogP contribution is -2.52. The lowest BCUT2D eigenvalue weighted by molar-refractivity contribution is -0.139. The van der Waals surface area contributed by atoms with Crippen molar-refractivity contribution in [3.05, 3.63) is 105 Å². The van der Waals surface area contributed by atoms with Gasteiger partial charge in [-0.1, -0.05) is 89.4 Å². The van der Waals surface area contributed by atoms with E-state index in [1.165, 1.54) is 11.8 Å². The first kappa shape index (κ1) is 28.1. The van der Waals surface area contributed by atoms with Crippen molar-refractivity contribution in [2.75, 3.05) is 5.75 Å². The molecule has 0 fully saturated rings. The van der Waals surface area contributed by atoms with Crippen molar-refractivity contribution in [3.63, 3.8) is 0 Å². The first-order valence-electron chi connectivity index (χ1n) is 11.9. The predicted molar refractivity (Wildman–Crippen MR) is 152 cm³/mol. The minimum atomic E-state index is -0.646. The van der Waals surface area contributed by atoms with Gasteiger partial charge in [0.2, 0.25) is 11.8 Å². The number of carbonyl (C=O) groups is 2. The Morgan fingerprint density at radius 3 is 2.19 bits per heavy atom. The van der Waals surface area contributed by atoms with Crippen LogP contribution in [0.3, 0.4) is 0 Å². The van der Waals surface area contributed by atoms with E-state index in [1.807, 2.05) is 69.3 Å². The molecule has 0 aliphatic heterocycles. The van der Waals surface area contributed by atoms with Crippen LogP contribution in [0.15, 0.2) is 72.8 Å². The van der Waals surface area contributed by atoms with Gasteiger partial charge < -0.3 is 10.2 Å². The third-order valence-electron chi connectivity index (χ3n) is 5.67. The predicted octanol–water partition coefficient (Wildman–Crippen LogP) is 6.70. The summed E-state index contributed by atoms with van der Waals surface area (Å²) in [6, 6.07) is 22.5. The average molecular weight is 544 g/mol. The van der Waals surface area contributed by atoms with Gasteiger partial charge in [-0.2, -0.15) is 0 Å². The molecule has 3 aromatic rings. The molecule has 1 unspecified atom stereocenters. The van der Waals surface area contributed by atoms with Crippen molar-refractivity contribution in [1.29, 1.82) is 0 Å². The second-order valence-corrected chi connectivity index (χ2v) is 10.9. The summed E-state index contributed by atoms with van der Waals surface area (Å²) in [5.74, 6) is 0.441. The van der Waals surface area contributed by atoms with Gasteiger partial charge in [0.15, 0.2) is 0 Å². The van der Waals surface area contributed by atoms with Crippen LogP contribution in [0.2, 0.25) is 10.0 Å². The van der Waals surface area contributed by atoms with Crippen LogP contribution in [0.5, 0.6) is 0 Å². The molecule has 0 bridgehead atoms. The van der Waals surface area contributed by atoms with Crippen molar-refractivity contribution in [2.45, 2.75) is 51.6 Å². The Hall–Kier alpha value is -2.47. The number of amides is 2. The summed E-state index contributed by atoms with van der Waals surface area (Å²) < 4.78 is 0. The van der Waals surface area contributed by atoms with E-state index in [0.717, 1.165) is 22.3 Å². The van der Waals surface area contributed by atoms with Gasteiger partial charge in [-0.05, 0) is 49.6 Å². The summed E-state index contributed by atoms with van der Waals surface area (Å²) in [4.78, 5) is 28.8. The van der Waals surface area contributed by atoms with Gasteiger partial charge in [-0.15, -0.1) is 11.8 Å². The molecule has 4 nitrogen and oxygen atoms in total. The number of benzene rings is 3. The Balaban J connectivity index is 1.87. The van der Waals surface area contributed by atoms with E-state index in [9.17, 15) is 9.59 Å². The van der Waals surface area contributed by atoms with Crippen molar-refractivity contribution in [3.8, 4) is 0 Å². The van der Waals surface area contributed by atoms with Crippen LogP contribution in [0.1, 0.15) is 36.1 Å². The molecule has 1 atom stereocenters. The summed E-state index contributed by atoms with van der Waals surface area (Å²) >= 11 is 14.1. The van der Waals surface area contributed by atoms with E-state index in [1.54, 1.807) is 23.1 Å². The van der Waals surface area contributed by atoms with Gasteiger partial charge in [0.05, 0.1) is 5.75 Å². The largest absolute Gasteiger partial charge is 0.352 e. The highest BCUT2D eigenvalue weighted by Crippen LogP contribution is 2.28. The first-order valence-corrected chi connectivity index (χ1v) is 13.9. The standard InChI is InChI=1S/C29H32Cl2N2O2S/c1-20(2)32-29(35)27(16-22-10-5-4-6-11-22)33(17-23-12-7-9-21(3)15-23)28(34)19-36-18-24-25(30)13-8-14-26(24)31/h4-15,20,27H,16-19H2,1-3H3,(H,32,35). The van der Waals surface area contributed by atoms with Crippen LogP contribution in [-0.4, -0.2) is 34.6 Å². The number of aryl methyl sites for hydroxylation is 1. The van der Waals surface area contributed by atoms with Crippen LogP contribution in [-0.2, 0) is 28.3 Å². The van der Waals surface area contributed by atoms with Crippen molar-refractivity contribution in [2.24, 2.45) is 0 Å². The molecule has 190 valence electrons. The van der Waals surface area contributed by atoms with E-state index < -0.39 is 6.04 Å². The topological polar surface area (TPSA) is 49.4 Å². The van der Waals surface area contributed by atoms with Crippen LogP contribution >= 0.6 is 35.0 Å². The minimum absolute atomic E-state index is 0.0385. The number of nitrogens with one attached hydrogen (secondary N) is 1. The fraction of sp³-hybridized carbons (Fsp3) is 0.310. The van der Waals surface area contributed by atoms with Crippen molar-refractivity contribution < 1.29 is 9.59 Å². The zero-order chi connectivity index (χ0) is 26.1. The number of carbonyl (C=O) groups excluding carboxylic acids is 2. The fourth-order valence-electron chi connectivity index (χ4n) is 3.94. The number of hydrogen-bond acceptors (Lipinski definition) is 3. The van der Waals surface area contributed by atoms with E-state index >= 15 is 0 Å². The number of thioether (sulfide) groups is 1. The SMILES string of the molecule is Cc1cccc(CN(C(=O)CSCc2c(Cl)cccc2Cl)C(Cc2ccccc2)C(=O)NC(C)C)c1. The third-order valence-corrected chi connectivity index (χ3v) is 7.32. The molecule has 0 heterocycles. The molecule has 0 radical (unpaired) electrons. The minimum Gasteiger partial charge on any atom is -0.352 e. The Bertz CT molecular complexity index is 1150. The van der Waals surface area contributed by atoms with Gasteiger partial charge >= 0.3 is 0 Å². The molecule has 3 aromatic carbocycles. The molecule has 36 heavy (non-hydrogen) atoms. The summed E-state index contributed by atoms with van der Waals surface area (Å²) in [5.41, 5.74) is 3.90. The molecule has 3 rings (SSSR count). The molecule has 0 saturated carbocycles. The number of rotatable bonds is 11. The Morgan fingerprint density at radius 1 is 0.917 bits per heavy atom. The van der Waals surface area contributed by atoms with E-state index in [0.29, 0.717) is 28.8 Å². The zero-order valence-corrected chi connectivity index (χ0v) is 23.2. The van der Waals surface area contributed by atoms with Crippen molar-refractivity contribution in [1.82, 2.24) is 10.2 Å². The molecule has 0 aromatic heterocycles. The third kappa shape index (κ3) is 8.29. The summed E-state index contributed by atoms with van der Waals surface area (Å²) in [6.45, 7) is 6.21. The molecule has 7 heteroatoms. The van der Waals surface area contributed by atoms with Gasteiger partial charge in [0.1, 0.15) is 6.04 Å². The average Bonchev–Trinajstić information content (AvgIpc) is 2.83. The Kier molecular flexibility index (Phi) is 10.7. The Morgan fingerprint density at radius 2 is 1.56 bits per heavy atom. The maximum atomic E-state index is 13.7. The van der Waals surface area contributed by atoms with Gasteiger partial charge in [0, 0.05) is 34.8 Å². The summed E-state index contributed by atoms with van der Waals surface area (Å²) in [7, 11) is 0. The number of hydrogen-bond donors (Lipinski definition) is 1. The molecule has 0 saturated heterocycles. The maximum Gasteiger partial charge on any atom is 0.243 e. The fourth-order valence-corrected chi connectivity index (χ4v) is 5.58. The zero-order valence-electron chi connectivity index (χ0n) is 20.8. The van der Waals surface area contributed by atoms with Crippen LogP contribution in [0.4, 0.5) is 0 Å². The maximum absolute atomic E-state index is 13.7. The highest BCUT2D eigenvalue weighted by atomic mass is 35.5. The number of nitrogens with zero attached hydrogens (tertiary/aromatic N) is 1. The van der Waals surface area contributed by atoms with Crippen LogP contribution in [0.25, 0.3) is 0 Å². The van der Waals surface area contributed by atoms with E-state index in [-0.39, 0.29) is 23.6 Å². The van der Waals surface area contributed by atoms with Gasteiger partial charge in [-0.25, -0.2) is 0 Å². The lowest BCUT2D eigenvalue weighted by atomic mass is 10.0. The second kappa shape index (κ2) is 13.7. The van der Waals surface area contributed by atoms with Crippen molar-refractivity contribution >= 4 is 46.8 Å². The van der Waals surface area contributed by atoms with E-state index in [2.05, 4.69) is 11.4 Å². The molecule has 1 N–H and O–H groups in total. The molecule has 0 aliphatic carbocycles. The highest BCUT2D eigenvalue weighted by molar-refractivity contribution is 7.99. The van der Waals surface area contributed by atoms with Crippen LogP contribution < -0.4 is 5.32 Å². The van der Waals surface area contributed by atoms with Crippen LogP contribution in [0, 0.1) is 6.92 Å². The first-order chi connectivity index (χ1) is 17.2. The van der Waals surface area contributed by atoms with Gasteiger partial charge in [-0.3, -0.25) is 9.59 Å². The van der Waals surface area contributed by atoms with Gasteiger partial charge in [0.25, 0.3) is 0 Å².